The second-order valence-corrected chi connectivity index (χ2v) is 4.62. The summed E-state index contributed by atoms with van der Waals surface area (Å²) in [5.74, 6) is -1.95. The molecule has 18 heavy (non-hydrogen) atoms. The van der Waals surface area contributed by atoms with Crippen LogP contribution >= 0.6 is 0 Å². The van der Waals surface area contributed by atoms with Crippen molar-refractivity contribution in [2.75, 3.05) is 18.5 Å². The van der Waals surface area contributed by atoms with E-state index in [1.54, 1.807) is 6.92 Å². The molecule has 0 radical (unpaired) electrons. The Hall–Kier alpha value is -1.53. The molecule has 1 amide bonds. The number of halogens is 2. The average molecular weight is 256 g/mol. The second kappa shape index (κ2) is 4.62. The summed E-state index contributed by atoms with van der Waals surface area (Å²) < 4.78 is 31.3. The van der Waals surface area contributed by atoms with E-state index in [1.807, 2.05) is 0 Å². The number of amides is 1. The Morgan fingerprint density at radius 3 is 2.83 bits per heavy atom. The van der Waals surface area contributed by atoms with Crippen molar-refractivity contribution in [1.82, 2.24) is 0 Å². The smallest absolute Gasteiger partial charge is 0.234 e. The molecule has 1 saturated heterocycles. The van der Waals surface area contributed by atoms with Gasteiger partial charge in [-0.2, -0.15) is 0 Å². The van der Waals surface area contributed by atoms with Gasteiger partial charge in [-0.3, -0.25) is 4.79 Å². The SMILES string of the molecule is CC1(C(=O)Nc2ccc(F)cc2F)COCC1N. The fraction of sp³-hybridized carbons (Fsp3) is 0.417. The van der Waals surface area contributed by atoms with Gasteiger partial charge in [-0.1, -0.05) is 0 Å². The van der Waals surface area contributed by atoms with Gasteiger partial charge in [-0.25, -0.2) is 8.78 Å². The van der Waals surface area contributed by atoms with Crippen LogP contribution in [0.4, 0.5) is 14.5 Å². The molecule has 0 aromatic heterocycles. The Labute approximate surface area is 103 Å². The van der Waals surface area contributed by atoms with Gasteiger partial charge in [0.25, 0.3) is 0 Å². The minimum absolute atomic E-state index is 0.0678. The molecule has 2 unspecified atom stereocenters. The zero-order chi connectivity index (χ0) is 13.3. The van der Waals surface area contributed by atoms with E-state index in [2.05, 4.69) is 5.32 Å². The molecular formula is C12H14F2N2O2. The van der Waals surface area contributed by atoms with E-state index in [9.17, 15) is 13.6 Å². The van der Waals surface area contributed by atoms with Gasteiger partial charge in [0.15, 0.2) is 0 Å². The number of hydrogen-bond acceptors (Lipinski definition) is 3. The van der Waals surface area contributed by atoms with E-state index in [4.69, 9.17) is 10.5 Å². The predicted octanol–water partition coefficient (Wildman–Crippen LogP) is 1.27. The van der Waals surface area contributed by atoms with E-state index in [0.717, 1.165) is 6.07 Å². The van der Waals surface area contributed by atoms with Gasteiger partial charge in [0.2, 0.25) is 5.91 Å². The fourth-order valence-corrected chi connectivity index (χ4v) is 1.78. The molecule has 0 spiro atoms. The number of nitrogens with one attached hydrogen (secondary N) is 1. The van der Waals surface area contributed by atoms with Crippen LogP contribution in [0.2, 0.25) is 0 Å². The zero-order valence-electron chi connectivity index (χ0n) is 9.87. The van der Waals surface area contributed by atoms with E-state index < -0.39 is 29.0 Å². The van der Waals surface area contributed by atoms with Crippen molar-refractivity contribution in [3.63, 3.8) is 0 Å². The van der Waals surface area contributed by atoms with Crippen LogP contribution in [0.15, 0.2) is 18.2 Å². The lowest BCUT2D eigenvalue weighted by Crippen LogP contribution is -2.47. The number of nitrogens with two attached hydrogens (primary N) is 1. The van der Waals surface area contributed by atoms with E-state index in [1.165, 1.54) is 6.07 Å². The van der Waals surface area contributed by atoms with Crippen molar-refractivity contribution in [1.29, 1.82) is 0 Å². The Morgan fingerprint density at radius 1 is 1.56 bits per heavy atom. The first-order valence-electron chi connectivity index (χ1n) is 5.53. The maximum absolute atomic E-state index is 13.4. The molecule has 1 aliphatic rings. The Morgan fingerprint density at radius 2 is 2.28 bits per heavy atom. The summed E-state index contributed by atoms with van der Waals surface area (Å²) in [5, 5.41) is 2.41. The fourth-order valence-electron chi connectivity index (χ4n) is 1.78. The van der Waals surface area contributed by atoms with Crippen LogP contribution in [-0.4, -0.2) is 25.2 Å². The number of ether oxygens (including phenoxy) is 1. The summed E-state index contributed by atoms with van der Waals surface area (Å²) in [4.78, 5) is 12.1. The third-order valence-electron chi connectivity index (χ3n) is 3.22. The van der Waals surface area contributed by atoms with Gasteiger partial charge >= 0.3 is 0 Å². The first kappa shape index (κ1) is 12.9. The zero-order valence-corrected chi connectivity index (χ0v) is 9.87. The topological polar surface area (TPSA) is 64.3 Å². The summed E-state index contributed by atoms with van der Waals surface area (Å²) in [6.07, 6.45) is 0. The minimum Gasteiger partial charge on any atom is -0.379 e. The van der Waals surface area contributed by atoms with Crippen LogP contribution in [0.25, 0.3) is 0 Å². The lowest BCUT2D eigenvalue weighted by molar-refractivity contribution is -0.125. The van der Waals surface area contributed by atoms with Gasteiger partial charge in [0.05, 0.1) is 24.3 Å². The van der Waals surface area contributed by atoms with E-state index >= 15 is 0 Å². The molecule has 4 nitrogen and oxygen atoms in total. The number of carbonyl (C=O) groups is 1. The number of rotatable bonds is 2. The van der Waals surface area contributed by atoms with E-state index in [-0.39, 0.29) is 18.9 Å². The van der Waals surface area contributed by atoms with Crippen molar-refractivity contribution < 1.29 is 18.3 Å². The number of carbonyl (C=O) groups excluding carboxylic acids is 1. The summed E-state index contributed by atoms with van der Waals surface area (Å²) in [6.45, 7) is 2.13. The Kier molecular flexibility index (Phi) is 3.32. The molecule has 98 valence electrons. The van der Waals surface area contributed by atoms with Crippen molar-refractivity contribution in [2.24, 2.45) is 11.1 Å². The van der Waals surface area contributed by atoms with Crippen LogP contribution in [0.5, 0.6) is 0 Å². The lowest BCUT2D eigenvalue weighted by atomic mass is 9.85. The van der Waals surface area contributed by atoms with Gasteiger partial charge in [0, 0.05) is 12.1 Å². The molecule has 2 atom stereocenters. The molecule has 6 heteroatoms. The summed E-state index contributed by atoms with van der Waals surface area (Å²) in [6, 6.07) is 2.52. The van der Waals surface area contributed by atoms with Gasteiger partial charge in [0.1, 0.15) is 11.6 Å². The molecule has 1 heterocycles. The standard InChI is InChI=1S/C12H14F2N2O2/c1-12(6-18-5-10(12)15)11(17)16-9-3-2-7(13)4-8(9)14/h2-4,10H,5-6,15H2,1H3,(H,16,17). The lowest BCUT2D eigenvalue weighted by Gasteiger charge is -2.25. The molecule has 3 N–H and O–H groups in total. The van der Waals surface area contributed by atoms with Crippen LogP contribution in [-0.2, 0) is 9.53 Å². The Bertz CT molecular complexity index is 481. The van der Waals surface area contributed by atoms with Crippen LogP contribution in [0.3, 0.4) is 0 Å². The highest BCUT2D eigenvalue weighted by Gasteiger charge is 2.44. The van der Waals surface area contributed by atoms with Gasteiger partial charge in [-0.15, -0.1) is 0 Å². The number of anilines is 1. The minimum atomic E-state index is -0.902. The highest BCUT2D eigenvalue weighted by molar-refractivity contribution is 5.96. The highest BCUT2D eigenvalue weighted by Crippen LogP contribution is 2.29. The van der Waals surface area contributed by atoms with Crippen molar-refractivity contribution in [3.8, 4) is 0 Å². The quantitative estimate of drug-likeness (QED) is 0.837. The summed E-state index contributed by atoms with van der Waals surface area (Å²) in [5.41, 5.74) is 4.82. The predicted molar refractivity (Wildman–Crippen MR) is 61.9 cm³/mol. The molecule has 1 aromatic rings. The molecule has 1 aromatic carbocycles. The normalized spacial score (nSPS) is 27.2. The van der Waals surface area contributed by atoms with Gasteiger partial charge < -0.3 is 15.8 Å². The number of benzene rings is 1. The third kappa shape index (κ3) is 2.21. The molecule has 0 bridgehead atoms. The summed E-state index contributed by atoms with van der Waals surface area (Å²) >= 11 is 0. The number of hydrogen-bond donors (Lipinski definition) is 2. The third-order valence-corrected chi connectivity index (χ3v) is 3.22. The molecule has 1 fully saturated rings. The molecule has 0 saturated carbocycles. The summed E-state index contributed by atoms with van der Waals surface area (Å²) in [7, 11) is 0. The Balaban J connectivity index is 2.16. The second-order valence-electron chi connectivity index (χ2n) is 4.62. The van der Waals surface area contributed by atoms with E-state index in [0.29, 0.717) is 6.07 Å². The maximum Gasteiger partial charge on any atom is 0.234 e. The first-order chi connectivity index (χ1) is 8.43. The highest BCUT2D eigenvalue weighted by atomic mass is 19.1. The molecule has 0 aliphatic carbocycles. The maximum atomic E-state index is 13.4. The first-order valence-corrected chi connectivity index (χ1v) is 5.53. The van der Waals surface area contributed by atoms with Crippen LogP contribution in [0, 0.1) is 17.0 Å². The monoisotopic (exact) mass is 256 g/mol. The van der Waals surface area contributed by atoms with Gasteiger partial charge in [-0.05, 0) is 19.1 Å². The van der Waals surface area contributed by atoms with Crippen molar-refractivity contribution in [3.05, 3.63) is 29.8 Å². The van der Waals surface area contributed by atoms with Crippen LogP contribution < -0.4 is 11.1 Å². The molecule has 2 rings (SSSR count). The van der Waals surface area contributed by atoms with Crippen LogP contribution in [0.1, 0.15) is 6.92 Å². The van der Waals surface area contributed by atoms with Crippen molar-refractivity contribution >= 4 is 11.6 Å². The van der Waals surface area contributed by atoms with Crippen molar-refractivity contribution in [2.45, 2.75) is 13.0 Å². The molecular weight excluding hydrogens is 242 g/mol. The average Bonchev–Trinajstić information content (AvgIpc) is 2.64. The molecule has 1 aliphatic heterocycles. The largest absolute Gasteiger partial charge is 0.379 e.